The van der Waals surface area contributed by atoms with Gasteiger partial charge in [-0.15, -0.1) is 0 Å². The van der Waals surface area contributed by atoms with Gasteiger partial charge in [-0.1, -0.05) is 0 Å². The summed E-state index contributed by atoms with van der Waals surface area (Å²) in [6.45, 7) is 0. The van der Waals surface area contributed by atoms with Crippen LogP contribution < -0.4 is 18.4 Å². The van der Waals surface area contributed by atoms with Gasteiger partial charge in [-0.25, -0.2) is 0 Å². The van der Waals surface area contributed by atoms with Crippen LogP contribution in [0.4, 0.5) is 0 Å². The Morgan fingerprint density at radius 1 is 0.471 bits per heavy atom. The predicted octanol–water partition coefficient (Wildman–Crippen LogP) is 5.59. The second kappa shape index (κ2) is 8.98. The van der Waals surface area contributed by atoms with E-state index >= 15 is 0 Å². The molecule has 166 valence electrons. The normalized spacial score (nSPS) is 11.5. The van der Waals surface area contributed by atoms with E-state index in [1.807, 2.05) is 0 Å². The molecule has 6 rings (SSSR count). The van der Waals surface area contributed by atoms with E-state index in [0.29, 0.717) is 0 Å². The van der Waals surface area contributed by atoms with Gasteiger partial charge in [-0.05, 0) is 0 Å². The number of rotatable bonds is 5. The van der Waals surface area contributed by atoms with Gasteiger partial charge >= 0.3 is 211 Å². The van der Waals surface area contributed by atoms with Crippen LogP contribution in [0.5, 0.6) is 11.5 Å². The zero-order valence-corrected chi connectivity index (χ0v) is 22.3. The van der Waals surface area contributed by atoms with Crippen LogP contribution in [0.1, 0.15) is 0 Å². The molecule has 0 atom stereocenters. The maximum absolute atomic E-state index is 5.99. The van der Waals surface area contributed by atoms with Crippen molar-refractivity contribution in [3.8, 4) is 11.5 Å². The van der Waals surface area contributed by atoms with Crippen LogP contribution in [0.25, 0.3) is 43.1 Å². The van der Waals surface area contributed by atoms with E-state index in [4.69, 9.17) is 9.47 Å². The molecule has 0 fully saturated rings. The summed E-state index contributed by atoms with van der Waals surface area (Å²) in [5, 5.41) is 9.77. The summed E-state index contributed by atoms with van der Waals surface area (Å²) in [6, 6.07) is 34.9. The monoisotopic (exact) mass is 574 g/mol. The average Bonchev–Trinajstić information content (AvgIpc) is 2.89. The number of fused-ring (bicyclic) bond motifs is 4. The third kappa shape index (κ3) is 3.55. The van der Waals surface area contributed by atoms with Crippen molar-refractivity contribution in [2.45, 2.75) is 0 Å². The summed E-state index contributed by atoms with van der Waals surface area (Å²) in [5.41, 5.74) is 0. The Hall–Kier alpha value is -3.00. The molecule has 6 aromatic rings. The van der Waals surface area contributed by atoms with Crippen LogP contribution in [0, 0.1) is 0 Å². The van der Waals surface area contributed by atoms with Gasteiger partial charge in [-0.3, -0.25) is 0 Å². The molecule has 0 aliphatic rings. The molecule has 0 aromatic heterocycles. The Kier molecular flexibility index (Phi) is 5.69. The molecule has 2 nitrogen and oxygen atoms in total. The summed E-state index contributed by atoms with van der Waals surface area (Å²) >= 11 is 0.570. The molecule has 6 aromatic carbocycles. The Bertz CT molecular complexity index is 1560. The molecule has 0 amide bonds. The number of hydrogen-bond donors (Lipinski definition) is 0. The van der Waals surface area contributed by atoms with Crippen molar-refractivity contribution in [2.24, 2.45) is 0 Å². The molecule has 0 radical (unpaired) electrons. The first-order chi connectivity index (χ1) is 16.8. The Balaban J connectivity index is 1.49. The molecule has 0 saturated carbocycles. The minimum atomic E-state index is 0.285. The van der Waals surface area contributed by atoms with Crippen LogP contribution in [-0.2, 0) is 0 Å². The Morgan fingerprint density at radius 2 is 0.882 bits per heavy atom. The molecule has 0 aliphatic heterocycles. The fourth-order valence-corrected chi connectivity index (χ4v) is 11.9. The van der Waals surface area contributed by atoms with Gasteiger partial charge in [0.2, 0.25) is 0 Å². The van der Waals surface area contributed by atoms with Crippen molar-refractivity contribution >= 4 is 78.3 Å². The van der Waals surface area contributed by atoms with Gasteiger partial charge in [0, 0.05) is 0 Å². The summed E-state index contributed by atoms with van der Waals surface area (Å²) in [6.07, 6.45) is 0. The maximum atomic E-state index is 5.99. The van der Waals surface area contributed by atoms with Gasteiger partial charge in [0.15, 0.2) is 0 Å². The molecular formula is C30H22O2Se2. The van der Waals surface area contributed by atoms with Gasteiger partial charge in [0.25, 0.3) is 0 Å². The third-order valence-corrected chi connectivity index (χ3v) is 13.4. The van der Waals surface area contributed by atoms with Crippen LogP contribution in [0.3, 0.4) is 0 Å². The molecule has 0 saturated heterocycles. The van der Waals surface area contributed by atoms with Crippen molar-refractivity contribution in [1.29, 1.82) is 0 Å². The van der Waals surface area contributed by atoms with Gasteiger partial charge in [-0.2, -0.15) is 0 Å². The first-order valence-corrected chi connectivity index (χ1v) is 17.1. The molecule has 4 heteroatoms. The van der Waals surface area contributed by atoms with Crippen molar-refractivity contribution in [1.82, 2.24) is 0 Å². The molecule has 0 heterocycles. The van der Waals surface area contributed by atoms with E-state index in [1.165, 1.54) is 52.0 Å². The molecule has 0 unspecified atom stereocenters. The molecule has 0 aliphatic carbocycles. The fourth-order valence-electron chi connectivity index (χ4n) is 4.74. The van der Waals surface area contributed by atoms with Crippen molar-refractivity contribution in [2.75, 3.05) is 14.2 Å². The van der Waals surface area contributed by atoms with E-state index < -0.39 is 0 Å². The van der Waals surface area contributed by atoms with Crippen LogP contribution >= 0.6 is 0 Å². The summed E-state index contributed by atoms with van der Waals surface area (Å²) in [4.78, 5) is 0. The van der Waals surface area contributed by atoms with E-state index in [2.05, 4.69) is 97.1 Å². The summed E-state index contributed by atoms with van der Waals surface area (Å²) in [5.74, 6) is 1.98. The fraction of sp³-hybridized carbons (Fsp3) is 0.0667. The predicted molar refractivity (Wildman–Crippen MR) is 147 cm³/mol. The van der Waals surface area contributed by atoms with E-state index in [9.17, 15) is 0 Å². The van der Waals surface area contributed by atoms with Gasteiger partial charge in [0.1, 0.15) is 0 Å². The topological polar surface area (TPSA) is 18.5 Å². The van der Waals surface area contributed by atoms with E-state index in [-0.39, 0.29) is 26.3 Å². The SMILES string of the molecule is COc1c2ccccc2cc2cccc([Se][Se]c3cccc4cc5ccccc5c(OC)c34)c12. The number of ether oxygens (including phenoxy) is 2. The van der Waals surface area contributed by atoms with Crippen molar-refractivity contribution in [3.05, 3.63) is 97.1 Å². The van der Waals surface area contributed by atoms with Crippen LogP contribution in [0.2, 0.25) is 0 Å². The van der Waals surface area contributed by atoms with E-state index in [1.54, 1.807) is 14.2 Å². The summed E-state index contributed by atoms with van der Waals surface area (Å²) in [7, 11) is 3.58. The van der Waals surface area contributed by atoms with Gasteiger partial charge in [0.05, 0.1) is 0 Å². The second-order valence-electron chi connectivity index (χ2n) is 8.14. The Labute approximate surface area is 209 Å². The van der Waals surface area contributed by atoms with Gasteiger partial charge < -0.3 is 0 Å². The quantitative estimate of drug-likeness (QED) is 0.198. The van der Waals surface area contributed by atoms with Crippen LogP contribution in [-0.4, -0.2) is 40.5 Å². The first kappa shape index (κ1) is 21.5. The Morgan fingerprint density at radius 3 is 1.32 bits per heavy atom. The zero-order chi connectivity index (χ0) is 23.1. The number of methoxy groups -OCH3 is 2. The van der Waals surface area contributed by atoms with Crippen molar-refractivity contribution < 1.29 is 9.47 Å². The number of hydrogen-bond acceptors (Lipinski definition) is 2. The van der Waals surface area contributed by atoms with E-state index in [0.717, 1.165) is 11.5 Å². The first-order valence-electron chi connectivity index (χ1n) is 11.1. The molecule has 0 bridgehead atoms. The standard InChI is InChI=1S/C30H22O2Se2/c1-31-29-23-13-5-3-9-19(23)17-21-11-7-15-25(27(21)29)33-34-26-16-8-12-22-18-20-10-4-6-14-24(20)30(32-2)28(22)26/h3-18H,1-2H3. The molecule has 0 N–H and O–H groups in total. The number of benzene rings is 6. The second-order valence-corrected chi connectivity index (χ2v) is 14.3. The zero-order valence-electron chi connectivity index (χ0n) is 18.9. The van der Waals surface area contributed by atoms with Crippen molar-refractivity contribution in [3.63, 3.8) is 0 Å². The third-order valence-electron chi connectivity index (χ3n) is 6.23. The molecule has 34 heavy (non-hydrogen) atoms. The molecule has 0 spiro atoms. The minimum absolute atomic E-state index is 0.285. The summed E-state index contributed by atoms with van der Waals surface area (Å²) < 4.78 is 14.8. The molecular weight excluding hydrogens is 550 g/mol. The van der Waals surface area contributed by atoms with Crippen LogP contribution in [0.15, 0.2) is 97.1 Å². The average molecular weight is 572 g/mol.